The number of primary amides is 1. The topological polar surface area (TPSA) is 60.2 Å². The van der Waals surface area contributed by atoms with Crippen molar-refractivity contribution in [3.8, 4) is 0 Å². The summed E-state index contributed by atoms with van der Waals surface area (Å²) in [7, 11) is 0. The average molecular weight is 233 g/mol. The second-order valence-corrected chi connectivity index (χ2v) is 3.91. The van der Waals surface area contributed by atoms with Gasteiger partial charge < -0.3 is 5.73 Å². The van der Waals surface area contributed by atoms with Gasteiger partial charge in [0.1, 0.15) is 0 Å². The molecule has 0 aromatic heterocycles. The number of hydrogen-bond donors (Lipinski definition) is 1. The van der Waals surface area contributed by atoms with Crippen LogP contribution in [0.3, 0.4) is 0 Å². The standard InChI is InChI=1S/C10H10O.C4H9NO/c1-9(11)7-8-10-5-3-2-4-6-10;1-3(2)4(5)6/h2-8H,1H3;3H,1-2H3,(H2,5,6). The van der Waals surface area contributed by atoms with Crippen LogP contribution in [0.5, 0.6) is 0 Å². The van der Waals surface area contributed by atoms with Crippen molar-refractivity contribution >= 4 is 17.8 Å². The van der Waals surface area contributed by atoms with Gasteiger partial charge in [-0.25, -0.2) is 0 Å². The predicted molar refractivity (Wildman–Crippen MR) is 70.2 cm³/mol. The minimum Gasteiger partial charge on any atom is -0.369 e. The number of nitrogens with two attached hydrogens (primary N) is 1. The molecule has 17 heavy (non-hydrogen) atoms. The number of rotatable bonds is 3. The Hall–Kier alpha value is -1.90. The lowest BCUT2D eigenvalue weighted by molar-refractivity contribution is -0.120. The van der Waals surface area contributed by atoms with Crippen LogP contribution in [0.2, 0.25) is 0 Å². The molecule has 0 aliphatic heterocycles. The maximum Gasteiger partial charge on any atom is 0.219 e. The fourth-order valence-electron chi connectivity index (χ4n) is 0.778. The summed E-state index contributed by atoms with van der Waals surface area (Å²) < 4.78 is 0. The smallest absolute Gasteiger partial charge is 0.219 e. The molecule has 1 aromatic rings. The van der Waals surface area contributed by atoms with Gasteiger partial charge in [-0.3, -0.25) is 9.59 Å². The summed E-state index contributed by atoms with van der Waals surface area (Å²) in [5.74, 6) is -0.172. The van der Waals surface area contributed by atoms with Gasteiger partial charge in [0, 0.05) is 5.92 Å². The molecule has 0 unspecified atom stereocenters. The lowest BCUT2D eigenvalue weighted by atomic mass is 10.2. The molecule has 0 aliphatic carbocycles. The number of ketones is 1. The van der Waals surface area contributed by atoms with Crippen molar-refractivity contribution in [1.82, 2.24) is 0 Å². The van der Waals surface area contributed by atoms with E-state index in [-0.39, 0.29) is 17.6 Å². The molecule has 1 amide bonds. The van der Waals surface area contributed by atoms with Gasteiger partial charge in [0.25, 0.3) is 0 Å². The van der Waals surface area contributed by atoms with E-state index in [4.69, 9.17) is 5.73 Å². The van der Waals surface area contributed by atoms with Gasteiger partial charge in [-0.2, -0.15) is 0 Å². The minimum absolute atomic E-state index is 0.00926. The number of benzene rings is 1. The van der Waals surface area contributed by atoms with Crippen molar-refractivity contribution in [1.29, 1.82) is 0 Å². The Kier molecular flexibility index (Phi) is 7.35. The highest BCUT2D eigenvalue weighted by molar-refractivity contribution is 5.91. The first-order chi connectivity index (χ1) is 7.93. The third kappa shape index (κ3) is 9.05. The van der Waals surface area contributed by atoms with E-state index < -0.39 is 0 Å². The Morgan fingerprint density at radius 2 is 1.65 bits per heavy atom. The second-order valence-electron chi connectivity index (χ2n) is 3.91. The van der Waals surface area contributed by atoms with Crippen LogP contribution in [-0.2, 0) is 9.59 Å². The maximum atomic E-state index is 10.5. The first kappa shape index (κ1) is 15.1. The molecule has 0 saturated heterocycles. The highest BCUT2D eigenvalue weighted by atomic mass is 16.1. The second kappa shape index (κ2) is 8.28. The Bertz CT molecular complexity index is 380. The van der Waals surface area contributed by atoms with Crippen LogP contribution in [0.4, 0.5) is 0 Å². The van der Waals surface area contributed by atoms with Crippen LogP contribution in [0.1, 0.15) is 26.3 Å². The average Bonchev–Trinajstić information content (AvgIpc) is 2.28. The van der Waals surface area contributed by atoms with E-state index >= 15 is 0 Å². The zero-order chi connectivity index (χ0) is 13.3. The Morgan fingerprint density at radius 3 is 2.00 bits per heavy atom. The molecule has 92 valence electrons. The summed E-state index contributed by atoms with van der Waals surface area (Å²) in [6, 6.07) is 9.75. The molecule has 3 heteroatoms. The summed E-state index contributed by atoms with van der Waals surface area (Å²) in [6.45, 7) is 5.07. The van der Waals surface area contributed by atoms with Crippen molar-refractivity contribution in [2.45, 2.75) is 20.8 Å². The van der Waals surface area contributed by atoms with Gasteiger partial charge in [-0.05, 0) is 18.6 Å². The highest BCUT2D eigenvalue weighted by Crippen LogP contribution is 2.00. The van der Waals surface area contributed by atoms with E-state index in [1.54, 1.807) is 26.8 Å². The lowest BCUT2D eigenvalue weighted by Gasteiger charge is -1.90. The van der Waals surface area contributed by atoms with Crippen molar-refractivity contribution in [2.75, 3.05) is 0 Å². The molecule has 0 spiro atoms. The van der Waals surface area contributed by atoms with Crippen molar-refractivity contribution in [3.63, 3.8) is 0 Å². The Morgan fingerprint density at radius 1 is 1.18 bits per heavy atom. The number of carbonyl (C=O) groups is 2. The number of hydrogen-bond acceptors (Lipinski definition) is 2. The van der Waals surface area contributed by atoms with Crippen molar-refractivity contribution in [3.05, 3.63) is 42.0 Å². The van der Waals surface area contributed by atoms with E-state index in [1.807, 2.05) is 36.4 Å². The third-order valence-electron chi connectivity index (χ3n) is 1.88. The normalized spacial score (nSPS) is 9.88. The highest BCUT2D eigenvalue weighted by Gasteiger charge is 1.96. The fourth-order valence-corrected chi connectivity index (χ4v) is 0.778. The maximum absolute atomic E-state index is 10.5. The van der Waals surface area contributed by atoms with E-state index in [1.165, 1.54) is 0 Å². The van der Waals surface area contributed by atoms with Gasteiger partial charge in [-0.1, -0.05) is 50.3 Å². The monoisotopic (exact) mass is 233 g/mol. The molecule has 0 heterocycles. The zero-order valence-corrected chi connectivity index (χ0v) is 10.5. The Balaban J connectivity index is 0.000000366. The summed E-state index contributed by atoms with van der Waals surface area (Å²) >= 11 is 0. The molecular formula is C14H19NO2. The Labute approximate surface area is 102 Å². The molecule has 1 aromatic carbocycles. The van der Waals surface area contributed by atoms with Crippen LogP contribution in [0.15, 0.2) is 36.4 Å². The number of carbonyl (C=O) groups excluding carboxylic acids is 2. The molecule has 0 saturated carbocycles. The minimum atomic E-state index is -0.241. The molecule has 1 rings (SSSR count). The zero-order valence-electron chi connectivity index (χ0n) is 10.5. The first-order valence-electron chi connectivity index (χ1n) is 5.46. The van der Waals surface area contributed by atoms with Crippen molar-refractivity contribution < 1.29 is 9.59 Å². The van der Waals surface area contributed by atoms with Crippen LogP contribution >= 0.6 is 0 Å². The largest absolute Gasteiger partial charge is 0.369 e. The van der Waals surface area contributed by atoms with Gasteiger partial charge in [0.15, 0.2) is 5.78 Å². The summed E-state index contributed by atoms with van der Waals surface area (Å²) in [5.41, 5.74) is 5.85. The SMILES string of the molecule is CC(=O)C=Cc1ccccc1.CC(C)C(N)=O. The van der Waals surface area contributed by atoms with Gasteiger partial charge in [0.05, 0.1) is 0 Å². The van der Waals surface area contributed by atoms with Crippen LogP contribution < -0.4 is 5.73 Å². The van der Waals surface area contributed by atoms with E-state index in [2.05, 4.69) is 0 Å². The third-order valence-corrected chi connectivity index (χ3v) is 1.88. The van der Waals surface area contributed by atoms with Gasteiger partial charge in [-0.15, -0.1) is 0 Å². The van der Waals surface area contributed by atoms with Crippen molar-refractivity contribution in [2.24, 2.45) is 11.7 Å². The lowest BCUT2D eigenvalue weighted by Crippen LogP contribution is -2.17. The number of amides is 1. The molecule has 0 fully saturated rings. The van der Waals surface area contributed by atoms with Gasteiger partial charge in [0.2, 0.25) is 5.91 Å². The molecule has 0 bridgehead atoms. The predicted octanol–water partition coefficient (Wildman–Crippen LogP) is 2.42. The quantitative estimate of drug-likeness (QED) is 0.815. The molecular weight excluding hydrogens is 214 g/mol. The van der Waals surface area contributed by atoms with E-state index in [0.717, 1.165) is 5.56 Å². The van der Waals surface area contributed by atoms with Crippen LogP contribution in [0, 0.1) is 5.92 Å². The number of allylic oxidation sites excluding steroid dienone is 1. The van der Waals surface area contributed by atoms with Crippen LogP contribution in [0.25, 0.3) is 6.08 Å². The van der Waals surface area contributed by atoms with Gasteiger partial charge >= 0.3 is 0 Å². The van der Waals surface area contributed by atoms with E-state index in [9.17, 15) is 9.59 Å². The molecule has 2 N–H and O–H groups in total. The molecule has 3 nitrogen and oxygen atoms in total. The fraction of sp³-hybridized carbons (Fsp3) is 0.286. The molecule has 0 radical (unpaired) electrons. The molecule has 0 atom stereocenters. The molecule has 0 aliphatic rings. The first-order valence-corrected chi connectivity index (χ1v) is 5.46. The summed E-state index contributed by atoms with van der Waals surface area (Å²) in [4.78, 5) is 20.5. The summed E-state index contributed by atoms with van der Waals surface area (Å²) in [5, 5.41) is 0. The van der Waals surface area contributed by atoms with Crippen LogP contribution in [-0.4, -0.2) is 11.7 Å². The summed E-state index contributed by atoms with van der Waals surface area (Å²) in [6.07, 6.45) is 3.37. The van der Waals surface area contributed by atoms with E-state index in [0.29, 0.717) is 0 Å².